The van der Waals surface area contributed by atoms with Crippen molar-refractivity contribution in [3.63, 3.8) is 0 Å². The van der Waals surface area contributed by atoms with E-state index in [4.69, 9.17) is 0 Å². The first kappa shape index (κ1) is 13.0. The van der Waals surface area contributed by atoms with E-state index in [2.05, 4.69) is 24.1 Å². The van der Waals surface area contributed by atoms with Gasteiger partial charge in [0.1, 0.15) is 5.82 Å². The zero-order chi connectivity index (χ0) is 12.0. The van der Waals surface area contributed by atoms with Gasteiger partial charge in [0, 0.05) is 25.3 Å². The average Bonchev–Trinajstić information content (AvgIpc) is 2.28. The maximum absolute atomic E-state index is 13.1. The predicted molar refractivity (Wildman–Crippen MR) is 67.4 cm³/mol. The molecule has 0 aliphatic heterocycles. The highest BCUT2D eigenvalue weighted by Crippen LogP contribution is 2.14. The first-order chi connectivity index (χ1) is 7.67. The molecule has 0 radical (unpaired) electrons. The first-order valence-corrected chi connectivity index (χ1v) is 5.87. The van der Waals surface area contributed by atoms with Crippen LogP contribution in [0.15, 0.2) is 24.3 Å². The van der Waals surface area contributed by atoms with Crippen LogP contribution in [0, 0.1) is 5.82 Å². The van der Waals surface area contributed by atoms with Gasteiger partial charge in [0.15, 0.2) is 0 Å². The number of halogens is 1. The van der Waals surface area contributed by atoms with Gasteiger partial charge in [0.25, 0.3) is 0 Å². The summed E-state index contributed by atoms with van der Waals surface area (Å²) >= 11 is 0. The number of hydrogen-bond acceptors (Lipinski definition) is 2. The van der Waals surface area contributed by atoms with Gasteiger partial charge in [0.05, 0.1) is 0 Å². The fraction of sp³-hybridized carbons (Fsp3) is 0.538. The zero-order valence-corrected chi connectivity index (χ0v) is 10.3. The minimum absolute atomic E-state index is 0.180. The number of likely N-dealkylation sites (N-methyl/N-ethyl adjacent to an activating group) is 2. The molecule has 0 spiro atoms. The Labute approximate surface area is 97.5 Å². The minimum Gasteiger partial charge on any atom is -0.373 e. The number of benzene rings is 1. The van der Waals surface area contributed by atoms with Crippen LogP contribution in [0.2, 0.25) is 0 Å². The van der Waals surface area contributed by atoms with E-state index < -0.39 is 0 Å². The molecule has 3 heteroatoms. The van der Waals surface area contributed by atoms with Gasteiger partial charge in [-0.1, -0.05) is 19.9 Å². The van der Waals surface area contributed by atoms with Gasteiger partial charge in [-0.2, -0.15) is 0 Å². The van der Waals surface area contributed by atoms with Crippen molar-refractivity contribution >= 4 is 5.69 Å². The molecule has 1 atom stereocenters. The van der Waals surface area contributed by atoms with Gasteiger partial charge in [0.2, 0.25) is 0 Å². The van der Waals surface area contributed by atoms with E-state index in [0.717, 1.165) is 25.2 Å². The van der Waals surface area contributed by atoms with E-state index in [1.807, 2.05) is 13.1 Å². The second kappa shape index (κ2) is 6.48. The highest BCUT2D eigenvalue weighted by Gasteiger charge is 2.09. The largest absolute Gasteiger partial charge is 0.373 e. The number of anilines is 1. The van der Waals surface area contributed by atoms with Gasteiger partial charge in [-0.3, -0.25) is 0 Å². The Hall–Kier alpha value is -1.09. The lowest BCUT2D eigenvalue weighted by atomic mass is 10.2. The van der Waals surface area contributed by atoms with Crippen LogP contribution in [-0.4, -0.2) is 26.2 Å². The molecule has 0 amide bonds. The molecule has 90 valence electrons. The third-order valence-electron chi connectivity index (χ3n) is 2.73. The number of hydrogen-bond donors (Lipinski definition) is 1. The summed E-state index contributed by atoms with van der Waals surface area (Å²) in [6, 6.07) is 7.17. The summed E-state index contributed by atoms with van der Waals surface area (Å²) in [5.74, 6) is -0.180. The quantitative estimate of drug-likeness (QED) is 0.799. The second-order valence-electron chi connectivity index (χ2n) is 4.02. The fourth-order valence-electron chi connectivity index (χ4n) is 1.78. The number of nitrogens with one attached hydrogen (secondary N) is 1. The third-order valence-corrected chi connectivity index (χ3v) is 2.73. The van der Waals surface area contributed by atoms with Crippen LogP contribution in [0.4, 0.5) is 10.1 Å². The van der Waals surface area contributed by atoms with Crippen LogP contribution in [-0.2, 0) is 0 Å². The Morgan fingerprint density at radius 2 is 2.12 bits per heavy atom. The summed E-state index contributed by atoms with van der Waals surface area (Å²) in [7, 11) is 1.99. The normalized spacial score (nSPS) is 12.5. The summed E-state index contributed by atoms with van der Waals surface area (Å²) in [4.78, 5) is 2.08. The molecule has 16 heavy (non-hydrogen) atoms. The molecule has 0 aliphatic rings. The van der Waals surface area contributed by atoms with Crippen LogP contribution in [0.3, 0.4) is 0 Å². The van der Waals surface area contributed by atoms with Crippen LogP contribution < -0.4 is 10.2 Å². The summed E-state index contributed by atoms with van der Waals surface area (Å²) in [5.41, 5.74) is 0.927. The van der Waals surface area contributed by atoms with E-state index in [1.54, 1.807) is 12.1 Å². The summed E-state index contributed by atoms with van der Waals surface area (Å²) in [5, 5.41) is 3.41. The Balaban J connectivity index is 2.60. The summed E-state index contributed by atoms with van der Waals surface area (Å²) in [6.45, 7) is 6.13. The number of nitrogens with zero attached hydrogens (tertiary/aromatic N) is 1. The van der Waals surface area contributed by atoms with Crippen molar-refractivity contribution in [1.29, 1.82) is 0 Å². The summed E-state index contributed by atoms with van der Waals surface area (Å²) in [6.07, 6.45) is 1.08. The molecule has 0 saturated heterocycles. The molecule has 1 aromatic carbocycles. The molecule has 1 N–H and O–H groups in total. The summed E-state index contributed by atoms with van der Waals surface area (Å²) < 4.78 is 13.1. The van der Waals surface area contributed by atoms with Crippen molar-refractivity contribution in [2.75, 3.05) is 25.0 Å². The smallest absolute Gasteiger partial charge is 0.125 e. The highest BCUT2D eigenvalue weighted by atomic mass is 19.1. The van der Waals surface area contributed by atoms with E-state index in [1.165, 1.54) is 6.07 Å². The molecule has 0 aliphatic carbocycles. The van der Waals surface area contributed by atoms with Crippen LogP contribution in [0.1, 0.15) is 20.3 Å². The lowest BCUT2D eigenvalue weighted by Crippen LogP contribution is -2.39. The average molecular weight is 224 g/mol. The van der Waals surface area contributed by atoms with E-state index in [-0.39, 0.29) is 5.82 Å². The maximum Gasteiger partial charge on any atom is 0.125 e. The molecule has 0 fully saturated rings. The van der Waals surface area contributed by atoms with Gasteiger partial charge in [-0.15, -0.1) is 0 Å². The molecule has 0 saturated carbocycles. The van der Waals surface area contributed by atoms with Crippen molar-refractivity contribution < 1.29 is 4.39 Å². The van der Waals surface area contributed by atoms with Crippen molar-refractivity contribution in [1.82, 2.24) is 5.32 Å². The molecule has 1 rings (SSSR count). The molecule has 0 bridgehead atoms. The van der Waals surface area contributed by atoms with Crippen molar-refractivity contribution in [3.05, 3.63) is 30.1 Å². The fourth-order valence-corrected chi connectivity index (χ4v) is 1.78. The van der Waals surface area contributed by atoms with Crippen molar-refractivity contribution in [2.45, 2.75) is 26.3 Å². The van der Waals surface area contributed by atoms with E-state index in [0.29, 0.717) is 6.04 Å². The lowest BCUT2D eigenvalue weighted by Gasteiger charge is -2.25. The standard InChI is InChI=1S/C13H21FN2/c1-4-12(15-5-2)10-16(3)13-8-6-7-11(14)9-13/h6-9,12,15H,4-5,10H2,1-3H3. The zero-order valence-electron chi connectivity index (χ0n) is 10.3. The maximum atomic E-state index is 13.1. The van der Waals surface area contributed by atoms with Crippen LogP contribution >= 0.6 is 0 Å². The van der Waals surface area contributed by atoms with Gasteiger partial charge < -0.3 is 10.2 Å². The topological polar surface area (TPSA) is 15.3 Å². The minimum atomic E-state index is -0.180. The Morgan fingerprint density at radius 3 is 2.69 bits per heavy atom. The molecular formula is C13H21FN2. The van der Waals surface area contributed by atoms with Gasteiger partial charge in [-0.05, 0) is 31.2 Å². The lowest BCUT2D eigenvalue weighted by molar-refractivity contribution is 0.512. The van der Waals surface area contributed by atoms with Crippen molar-refractivity contribution in [2.24, 2.45) is 0 Å². The monoisotopic (exact) mass is 224 g/mol. The Morgan fingerprint density at radius 1 is 1.38 bits per heavy atom. The predicted octanol–water partition coefficient (Wildman–Crippen LogP) is 2.65. The van der Waals surface area contributed by atoms with Gasteiger partial charge in [-0.25, -0.2) is 4.39 Å². The SMILES string of the molecule is CCNC(CC)CN(C)c1cccc(F)c1. The Kier molecular flexibility index (Phi) is 5.26. The highest BCUT2D eigenvalue weighted by molar-refractivity contribution is 5.45. The van der Waals surface area contributed by atoms with E-state index in [9.17, 15) is 4.39 Å². The first-order valence-electron chi connectivity index (χ1n) is 5.87. The van der Waals surface area contributed by atoms with Crippen molar-refractivity contribution in [3.8, 4) is 0 Å². The molecule has 0 heterocycles. The van der Waals surface area contributed by atoms with E-state index >= 15 is 0 Å². The molecule has 0 aromatic heterocycles. The van der Waals surface area contributed by atoms with Crippen LogP contribution in [0.25, 0.3) is 0 Å². The molecule has 1 unspecified atom stereocenters. The second-order valence-corrected chi connectivity index (χ2v) is 4.02. The Bertz CT molecular complexity index is 315. The molecule has 2 nitrogen and oxygen atoms in total. The molecular weight excluding hydrogens is 203 g/mol. The third kappa shape index (κ3) is 3.81. The molecule has 1 aromatic rings. The number of rotatable bonds is 6. The van der Waals surface area contributed by atoms with Gasteiger partial charge >= 0.3 is 0 Å². The van der Waals surface area contributed by atoms with Crippen LogP contribution in [0.5, 0.6) is 0 Å².